The van der Waals surface area contributed by atoms with E-state index in [2.05, 4.69) is 24.3 Å². The first-order chi connectivity index (χ1) is 7.81. The number of nitrogens with zero attached hydrogens (tertiary/aromatic N) is 1. The van der Waals surface area contributed by atoms with Crippen molar-refractivity contribution in [3.63, 3.8) is 0 Å². The van der Waals surface area contributed by atoms with Gasteiger partial charge in [0.2, 0.25) is 0 Å². The molecule has 0 aromatic rings. The number of ether oxygens (including phenoxy) is 1. The summed E-state index contributed by atoms with van der Waals surface area (Å²) in [4.78, 5) is 2.52. The molecule has 2 rings (SSSR count). The Labute approximate surface area is 99.5 Å². The van der Waals surface area contributed by atoms with Crippen molar-refractivity contribution in [3.8, 4) is 0 Å². The van der Waals surface area contributed by atoms with Gasteiger partial charge in [-0.3, -0.25) is 0 Å². The van der Waals surface area contributed by atoms with Crippen LogP contribution in [0.1, 0.15) is 32.1 Å². The van der Waals surface area contributed by atoms with Crippen LogP contribution < -0.4 is 5.32 Å². The molecule has 1 aliphatic carbocycles. The zero-order valence-electron chi connectivity index (χ0n) is 10.7. The summed E-state index contributed by atoms with van der Waals surface area (Å²) in [5, 5.41) is 3.49. The van der Waals surface area contributed by atoms with Gasteiger partial charge in [0.25, 0.3) is 0 Å². The molecule has 94 valence electrons. The van der Waals surface area contributed by atoms with Gasteiger partial charge in [0, 0.05) is 25.2 Å². The predicted molar refractivity (Wildman–Crippen MR) is 66.7 cm³/mol. The van der Waals surface area contributed by atoms with Gasteiger partial charge in [0.1, 0.15) is 0 Å². The van der Waals surface area contributed by atoms with E-state index in [-0.39, 0.29) is 0 Å². The Morgan fingerprint density at radius 2 is 2.06 bits per heavy atom. The molecule has 0 spiro atoms. The van der Waals surface area contributed by atoms with Gasteiger partial charge in [-0.25, -0.2) is 0 Å². The van der Waals surface area contributed by atoms with E-state index in [1.807, 2.05) is 0 Å². The smallest absolute Gasteiger partial charge is 0.0622 e. The Morgan fingerprint density at radius 1 is 1.25 bits per heavy atom. The first-order valence-electron chi connectivity index (χ1n) is 6.76. The van der Waals surface area contributed by atoms with Crippen molar-refractivity contribution in [2.75, 3.05) is 33.9 Å². The average molecular weight is 226 g/mol. The first-order valence-corrected chi connectivity index (χ1v) is 6.76. The number of hydrogen-bond acceptors (Lipinski definition) is 3. The normalized spacial score (nSPS) is 35.8. The van der Waals surface area contributed by atoms with Gasteiger partial charge in [-0.05, 0) is 39.3 Å². The molecular weight excluding hydrogens is 200 g/mol. The fourth-order valence-electron chi connectivity index (χ4n) is 3.19. The molecule has 0 aromatic carbocycles. The lowest BCUT2D eigenvalue weighted by Gasteiger charge is -2.35. The fraction of sp³-hybridized carbons (Fsp3) is 1.00. The van der Waals surface area contributed by atoms with E-state index in [0.717, 1.165) is 25.2 Å². The number of likely N-dealkylation sites (N-methyl/N-ethyl adjacent to an activating group) is 1. The summed E-state index contributed by atoms with van der Waals surface area (Å²) in [6.07, 6.45) is 6.78. The molecule has 3 heteroatoms. The number of hydrogen-bond donors (Lipinski definition) is 1. The lowest BCUT2D eigenvalue weighted by Crippen LogP contribution is -2.44. The molecule has 3 unspecified atom stereocenters. The van der Waals surface area contributed by atoms with Crippen molar-refractivity contribution in [1.82, 2.24) is 10.2 Å². The Hall–Kier alpha value is -0.120. The molecule has 0 aromatic heterocycles. The molecule has 2 aliphatic rings. The highest BCUT2D eigenvalue weighted by atomic mass is 16.5. The van der Waals surface area contributed by atoms with Gasteiger partial charge in [-0.15, -0.1) is 0 Å². The maximum atomic E-state index is 5.46. The minimum Gasteiger partial charge on any atom is -0.380 e. The third kappa shape index (κ3) is 2.96. The minimum atomic E-state index is 0.666. The second-order valence-corrected chi connectivity index (χ2v) is 5.40. The molecule has 2 fully saturated rings. The Balaban J connectivity index is 1.81. The van der Waals surface area contributed by atoms with Crippen LogP contribution in [0, 0.1) is 5.92 Å². The third-order valence-electron chi connectivity index (χ3n) is 4.33. The summed E-state index contributed by atoms with van der Waals surface area (Å²) >= 11 is 0. The summed E-state index contributed by atoms with van der Waals surface area (Å²) in [6, 6.07) is 1.40. The highest BCUT2D eigenvalue weighted by molar-refractivity contribution is 4.84. The monoisotopic (exact) mass is 226 g/mol. The highest BCUT2D eigenvalue weighted by Gasteiger charge is 2.28. The van der Waals surface area contributed by atoms with Crippen LogP contribution in [-0.2, 0) is 4.74 Å². The van der Waals surface area contributed by atoms with E-state index >= 15 is 0 Å². The van der Waals surface area contributed by atoms with Crippen LogP contribution >= 0.6 is 0 Å². The van der Waals surface area contributed by atoms with E-state index in [4.69, 9.17) is 4.74 Å². The number of nitrogens with one attached hydrogen (secondary N) is 1. The standard InChI is InChI=1S/C13H26N2O/c1-14-13-6-4-3-5-11(13)9-15(2)12-7-8-16-10-12/h11-14H,3-10H2,1-2H3. The van der Waals surface area contributed by atoms with Crippen molar-refractivity contribution in [2.24, 2.45) is 5.92 Å². The van der Waals surface area contributed by atoms with Crippen LogP contribution in [-0.4, -0.2) is 50.8 Å². The van der Waals surface area contributed by atoms with Gasteiger partial charge < -0.3 is 15.0 Å². The average Bonchev–Trinajstić information content (AvgIpc) is 2.83. The molecule has 16 heavy (non-hydrogen) atoms. The maximum Gasteiger partial charge on any atom is 0.0622 e. The molecule has 0 amide bonds. The van der Waals surface area contributed by atoms with Gasteiger partial charge in [0.15, 0.2) is 0 Å². The minimum absolute atomic E-state index is 0.666. The maximum absolute atomic E-state index is 5.46. The lowest BCUT2D eigenvalue weighted by atomic mass is 9.84. The van der Waals surface area contributed by atoms with Crippen molar-refractivity contribution in [2.45, 2.75) is 44.2 Å². The summed E-state index contributed by atoms with van der Waals surface area (Å²) in [7, 11) is 4.38. The summed E-state index contributed by atoms with van der Waals surface area (Å²) in [6.45, 7) is 3.13. The van der Waals surface area contributed by atoms with Gasteiger partial charge in [-0.2, -0.15) is 0 Å². The SMILES string of the molecule is CNC1CCCCC1CN(C)C1CCOC1. The van der Waals surface area contributed by atoms with E-state index in [1.54, 1.807) is 0 Å². The molecule has 1 saturated carbocycles. The summed E-state index contributed by atoms with van der Waals surface area (Å²) < 4.78 is 5.46. The Kier molecular flexibility index (Phi) is 4.62. The van der Waals surface area contributed by atoms with E-state index in [9.17, 15) is 0 Å². The molecule has 3 nitrogen and oxygen atoms in total. The van der Waals surface area contributed by atoms with Crippen molar-refractivity contribution in [3.05, 3.63) is 0 Å². The van der Waals surface area contributed by atoms with Crippen molar-refractivity contribution < 1.29 is 4.74 Å². The summed E-state index contributed by atoms with van der Waals surface area (Å²) in [5.41, 5.74) is 0. The molecular formula is C13H26N2O. The second-order valence-electron chi connectivity index (χ2n) is 5.40. The zero-order valence-corrected chi connectivity index (χ0v) is 10.7. The molecule has 0 radical (unpaired) electrons. The molecule has 1 aliphatic heterocycles. The van der Waals surface area contributed by atoms with Gasteiger partial charge >= 0.3 is 0 Å². The van der Waals surface area contributed by atoms with Crippen LogP contribution in [0.5, 0.6) is 0 Å². The van der Waals surface area contributed by atoms with Crippen LogP contribution in [0.4, 0.5) is 0 Å². The van der Waals surface area contributed by atoms with E-state index in [1.165, 1.54) is 38.6 Å². The quantitative estimate of drug-likeness (QED) is 0.786. The zero-order chi connectivity index (χ0) is 11.4. The lowest BCUT2D eigenvalue weighted by molar-refractivity contribution is 0.131. The third-order valence-corrected chi connectivity index (χ3v) is 4.33. The molecule has 1 saturated heterocycles. The van der Waals surface area contributed by atoms with E-state index < -0.39 is 0 Å². The predicted octanol–water partition coefficient (Wildman–Crippen LogP) is 1.49. The first kappa shape index (κ1) is 12.3. The van der Waals surface area contributed by atoms with Crippen LogP contribution in [0.3, 0.4) is 0 Å². The van der Waals surface area contributed by atoms with Crippen molar-refractivity contribution in [1.29, 1.82) is 0 Å². The van der Waals surface area contributed by atoms with E-state index in [0.29, 0.717) is 6.04 Å². The van der Waals surface area contributed by atoms with Crippen LogP contribution in [0.15, 0.2) is 0 Å². The fourth-order valence-corrected chi connectivity index (χ4v) is 3.19. The Morgan fingerprint density at radius 3 is 2.75 bits per heavy atom. The second kappa shape index (κ2) is 5.99. The number of rotatable bonds is 4. The molecule has 1 heterocycles. The van der Waals surface area contributed by atoms with Gasteiger partial charge in [-0.1, -0.05) is 12.8 Å². The highest BCUT2D eigenvalue weighted by Crippen LogP contribution is 2.26. The van der Waals surface area contributed by atoms with Crippen molar-refractivity contribution >= 4 is 0 Å². The largest absolute Gasteiger partial charge is 0.380 e. The van der Waals surface area contributed by atoms with Gasteiger partial charge in [0.05, 0.1) is 6.61 Å². The van der Waals surface area contributed by atoms with Crippen LogP contribution in [0.2, 0.25) is 0 Å². The molecule has 1 N–H and O–H groups in total. The van der Waals surface area contributed by atoms with Crippen LogP contribution in [0.25, 0.3) is 0 Å². The molecule has 0 bridgehead atoms. The topological polar surface area (TPSA) is 24.5 Å². The Bertz CT molecular complexity index is 204. The summed E-state index contributed by atoms with van der Waals surface area (Å²) in [5.74, 6) is 0.837. The molecule has 3 atom stereocenters.